The van der Waals surface area contributed by atoms with E-state index in [0.29, 0.717) is 13.2 Å². The first-order valence-electron chi connectivity index (χ1n) is 5.12. The van der Waals surface area contributed by atoms with E-state index in [1.807, 2.05) is 6.20 Å². The van der Waals surface area contributed by atoms with Crippen molar-refractivity contribution in [1.82, 2.24) is 9.55 Å². The number of nitrogens with zero attached hydrogens (tertiary/aromatic N) is 4. The maximum absolute atomic E-state index is 8.80. The van der Waals surface area contributed by atoms with Gasteiger partial charge in [-0.25, -0.2) is 4.98 Å². The number of aromatic nitrogens is 2. The zero-order valence-corrected chi connectivity index (χ0v) is 8.76. The van der Waals surface area contributed by atoms with Gasteiger partial charge in [0.25, 0.3) is 0 Å². The predicted molar refractivity (Wildman–Crippen MR) is 55.5 cm³/mol. The van der Waals surface area contributed by atoms with Gasteiger partial charge in [-0.05, 0) is 6.92 Å². The smallest absolute Gasteiger partial charge is 0.205 e. The van der Waals surface area contributed by atoms with Crippen LogP contribution in [0.3, 0.4) is 0 Å². The van der Waals surface area contributed by atoms with E-state index in [4.69, 9.17) is 10.00 Å². The van der Waals surface area contributed by atoms with Gasteiger partial charge in [-0.2, -0.15) is 5.26 Å². The molecular weight excluding hydrogens is 192 g/mol. The van der Waals surface area contributed by atoms with E-state index in [0.717, 1.165) is 19.0 Å². The molecule has 1 saturated heterocycles. The van der Waals surface area contributed by atoms with E-state index in [9.17, 15) is 0 Å². The van der Waals surface area contributed by atoms with E-state index >= 15 is 0 Å². The molecule has 5 heteroatoms. The lowest BCUT2D eigenvalue weighted by Crippen LogP contribution is -2.43. The molecule has 0 aliphatic carbocycles. The second kappa shape index (κ2) is 4.32. The minimum atomic E-state index is -0.333. The van der Waals surface area contributed by atoms with Gasteiger partial charge < -0.3 is 14.2 Å². The third kappa shape index (κ3) is 1.95. The lowest BCUT2D eigenvalue weighted by Gasteiger charge is -2.30. The van der Waals surface area contributed by atoms with Gasteiger partial charge in [-0.15, -0.1) is 0 Å². The van der Waals surface area contributed by atoms with Gasteiger partial charge in [0.15, 0.2) is 6.10 Å². The Morgan fingerprint density at radius 3 is 3.33 bits per heavy atom. The van der Waals surface area contributed by atoms with Crippen LogP contribution >= 0.6 is 0 Å². The van der Waals surface area contributed by atoms with Crippen molar-refractivity contribution in [1.29, 1.82) is 5.26 Å². The molecule has 0 aromatic carbocycles. The van der Waals surface area contributed by atoms with Crippen molar-refractivity contribution in [3.63, 3.8) is 0 Å². The highest BCUT2D eigenvalue weighted by molar-refractivity contribution is 5.32. The van der Waals surface area contributed by atoms with Crippen LogP contribution in [-0.4, -0.2) is 35.4 Å². The normalized spacial score (nSPS) is 21.3. The zero-order chi connectivity index (χ0) is 10.7. The number of aryl methyl sites for hydroxylation is 1. The summed E-state index contributed by atoms with van der Waals surface area (Å²) < 4.78 is 7.36. The topological polar surface area (TPSA) is 54.1 Å². The molecule has 1 fully saturated rings. The van der Waals surface area contributed by atoms with Crippen LogP contribution in [0.25, 0.3) is 0 Å². The molecule has 1 aliphatic heterocycles. The van der Waals surface area contributed by atoms with Gasteiger partial charge in [0.1, 0.15) is 0 Å². The van der Waals surface area contributed by atoms with Gasteiger partial charge in [0.2, 0.25) is 5.95 Å². The number of nitriles is 1. The summed E-state index contributed by atoms with van der Waals surface area (Å²) in [7, 11) is 0. The lowest BCUT2D eigenvalue weighted by atomic mass is 10.3. The molecular formula is C10H14N4O. The minimum Gasteiger partial charge on any atom is -0.360 e. The van der Waals surface area contributed by atoms with Crippen LogP contribution in [0.5, 0.6) is 0 Å². The summed E-state index contributed by atoms with van der Waals surface area (Å²) in [5.41, 5.74) is 0. The molecule has 0 spiro atoms. The van der Waals surface area contributed by atoms with Crippen molar-refractivity contribution in [2.75, 3.05) is 24.6 Å². The Bertz CT molecular complexity index is 368. The molecule has 0 radical (unpaired) electrons. The molecule has 1 atom stereocenters. The molecule has 0 amide bonds. The quantitative estimate of drug-likeness (QED) is 0.712. The highest BCUT2D eigenvalue weighted by Gasteiger charge is 2.22. The summed E-state index contributed by atoms with van der Waals surface area (Å²) in [6.07, 6.45) is 3.41. The van der Waals surface area contributed by atoms with Gasteiger partial charge in [0, 0.05) is 25.5 Å². The molecule has 2 rings (SSSR count). The average Bonchev–Trinajstić information content (AvgIpc) is 2.77. The Labute approximate surface area is 88.9 Å². The van der Waals surface area contributed by atoms with Crippen LogP contribution < -0.4 is 4.90 Å². The second-order valence-electron chi connectivity index (χ2n) is 3.45. The first-order chi connectivity index (χ1) is 7.35. The fourth-order valence-corrected chi connectivity index (χ4v) is 1.74. The number of ether oxygens (including phenoxy) is 1. The summed E-state index contributed by atoms with van der Waals surface area (Å²) in [6, 6.07) is 2.13. The first-order valence-corrected chi connectivity index (χ1v) is 5.12. The van der Waals surface area contributed by atoms with Crippen molar-refractivity contribution in [3.8, 4) is 6.07 Å². The number of hydrogen-bond acceptors (Lipinski definition) is 4. The van der Waals surface area contributed by atoms with Crippen molar-refractivity contribution < 1.29 is 4.74 Å². The molecule has 1 aliphatic rings. The molecule has 80 valence electrons. The van der Waals surface area contributed by atoms with E-state index in [2.05, 4.69) is 27.4 Å². The predicted octanol–water partition coefficient (Wildman–Crippen LogP) is 0.632. The Kier molecular flexibility index (Phi) is 2.88. The third-order valence-corrected chi connectivity index (χ3v) is 2.53. The Hall–Kier alpha value is -1.54. The van der Waals surface area contributed by atoms with Crippen LogP contribution in [0.15, 0.2) is 12.4 Å². The number of imidazole rings is 1. The lowest BCUT2D eigenvalue weighted by molar-refractivity contribution is 0.0756. The summed E-state index contributed by atoms with van der Waals surface area (Å²) >= 11 is 0. The molecule has 0 saturated carbocycles. The Balaban J connectivity index is 2.13. The van der Waals surface area contributed by atoms with E-state index in [-0.39, 0.29) is 6.10 Å². The average molecular weight is 206 g/mol. The number of morpholine rings is 1. The summed E-state index contributed by atoms with van der Waals surface area (Å²) in [5.74, 6) is 0.932. The molecule has 0 N–H and O–H groups in total. The van der Waals surface area contributed by atoms with Gasteiger partial charge in [0.05, 0.1) is 19.2 Å². The van der Waals surface area contributed by atoms with Gasteiger partial charge >= 0.3 is 0 Å². The van der Waals surface area contributed by atoms with Crippen molar-refractivity contribution >= 4 is 5.95 Å². The van der Waals surface area contributed by atoms with Crippen LogP contribution in [-0.2, 0) is 11.3 Å². The van der Waals surface area contributed by atoms with Crippen LogP contribution in [0.1, 0.15) is 6.92 Å². The Morgan fingerprint density at radius 2 is 2.60 bits per heavy atom. The first kappa shape index (κ1) is 9.99. The summed E-state index contributed by atoms with van der Waals surface area (Å²) in [4.78, 5) is 6.40. The van der Waals surface area contributed by atoms with Crippen LogP contribution in [0.2, 0.25) is 0 Å². The number of anilines is 1. The summed E-state index contributed by atoms with van der Waals surface area (Å²) in [6.45, 7) is 4.97. The van der Waals surface area contributed by atoms with Crippen molar-refractivity contribution in [2.45, 2.75) is 19.6 Å². The molecule has 0 bridgehead atoms. The molecule has 1 unspecified atom stereocenters. The van der Waals surface area contributed by atoms with Crippen LogP contribution in [0.4, 0.5) is 5.95 Å². The molecule has 5 nitrogen and oxygen atoms in total. The Morgan fingerprint density at radius 1 is 1.73 bits per heavy atom. The zero-order valence-electron chi connectivity index (χ0n) is 8.76. The van der Waals surface area contributed by atoms with Crippen molar-refractivity contribution in [2.24, 2.45) is 0 Å². The second-order valence-corrected chi connectivity index (χ2v) is 3.45. The molecule has 1 aromatic heterocycles. The SMILES string of the molecule is CCn1ccnc1N1CCOC(C#N)C1. The highest BCUT2D eigenvalue weighted by Crippen LogP contribution is 2.15. The maximum Gasteiger partial charge on any atom is 0.205 e. The van der Waals surface area contributed by atoms with E-state index in [1.165, 1.54) is 0 Å². The third-order valence-electron chi connectivity index (χ3n) is 2.53. The standard InChI is InChI=1S/C10H14N4O/c1-2-13-4-3-12-10(13)14-5-6-15-9(7-11)8-14/h3-4,9H,2,5-6,8H2,1H3. The van der Waals surface area contributed by atoms with Crippen molar-refractivity contribution in [3.05, 3.63) is 12.4 Å². The molecule has 2 heterocycles. The molecule has 1 aromatic rings. The number of rotatable bonds is 2. The van der Waals surface area contributed by atoms with Crippen LogP contribution in [0, 0.1) is 11.3 Å². The maximum atomic E-state index is 8.80. The summed E-state index contributed by atoms with van der Waals surface area (Å²) in [5, 5.41) is 8.80. The van der Waals surface area contributed by atoms with E-state index in [1.54, 1.807) is 6.20 Å². The monoisotopic (exact) mass is 206 g/mol. The van der Waals surface area contributed by atoms with Gasteiger partial charge in [-0.1, -0.05) is 0 Å². The fourth-order valence-electron chi connectivity index (χ4n) is 1.74. The minimum absolute atomic E-state index is 0.333. The number of hydrogen-bond donors (Lipinski definition) is 0. The van der Waals surface area contributed by atoms with Gasteiger partial charge in [-0.3, -0.25) is 0 Å². The largest absolute Gasteiger partial charge is 0.360 e. The highest BCUT2D eigenvalue weighted by atomic mass is 16.5. The molecule has 15 heavy (non-hydrogen) atoms. The van der Waals surface area contributed by atoms with E-state index < -0.39 is 0 Å². The fraction of sp³-hybridized carbons (Fsp3) is 0.600.